The van der Waals surface area contributed by atoms with E-state index >= 15 is 0 Å². The molecule has 0 aliphatic carbocycles. The lowest BCUT2D eigenvalue weighted by Gasteiger charge is -2.25. The molecule has 1 unspecified atom stereocenters. The number of amides is 1. The van der Waals surface area contributed by atoms with Crippen molar-refractivity contribution in [2.45, 2.75) is 19.4 Å². The van der Waals surface area contributed by atoms with Gasteiger partial charge in [0, 0.05) is 25.6 Å². The zero-order chi connectivity index (χ0) is 23.5. The number of aliphatic hydroxyl groups is 1. The third-order valence-electron chi connectivity index (χ3n) is 5.84. The number of hydrogen-bond acceptors (Lipinski definition) is 7. The zero-order valence-electron chi connectivity index (χ0n) is 18.9. The van der Waals surface area contributed by atoms with Crippen LogP contribution in [-0.2, 0) is 20.7 Å². The summed E-state index contributed by atoms with van der Waals surface area (Å²) in [6, 6.07) is 9.70. The molecule has 1 saturated heterocycles. The van der Waals surface area contributed by atoms with E-state index in [2.05, 4.69) is 0 Å². The number of likely N-dealkylation sites (tertiary alicyclic amines) is 1. The van der Waals surface area contributed by atoms with Crippen molar-refractivity contribution >= 4 is 17.4 Å². The molecule has 2 aliphatic rings. The van der Waals surface area contributed by atoms with Gasteiger partial charge in [0.2, 0.25) is 0 Å². The highest BCUT2D eigenvalue weighted by Crippen LogP contribution is 2.42. The Labute approximate surface area is 192 Å². The van der Waals surface area contributed by atoms with Gasteiger partial charge < -0.3 is 29.0 Å². The summed E-state index contributed by atoms with van der Waals surface area (Å²) in [4.78, 5) is 27.5. The quantitative estimate of drug-likeness (QED) is 0.373. The van der Waals surface area contributed by atoms with E-state index in [1.165, 1.54) is 12.0 Å². The Kier molecular flexibility index (Phi) is 6.55. The summed E-state index contributed by atoms with van der Waals surface area (Å²) < 4.78 is 21.8. The van der Waals surface area contributed by atoms with Gasteiger partial charge in [-0.05, 0) is 48.4 Å². The van der Waals surface area contributed by atoms with Crippen molar-refractivity contribution in [3.63, 3.8) is 0 Å². The van der Waals surface area contributed by atoms with E-state index in [0.29, 0.717) is 35.8 Å². The fraction of sp³-hybridized carbons (Fsp3) is 0.360. The summed E-state index contributed by atoms with van der Waals surface area (Å²) >= 11 is 0. The van der Waals surface area contributed by atoms with Crippen molar-refractivity contribution in [3.8, 4) is 17.2 Å². The number of carbonyl (C=O) groups excluding carboxylic acids is 2. The second-order valence-electron chi connectivity index (χ2n) is 7.75. The van der Waals surface area contributed by atoms with E-state index in [4.69, 9.17) is 18.9 Å². The first kappa shape index (κ1) is 22.7. The Hall–Kier alpha value is -3.52. The van der Waals surface area contributed by atoms with Crippen LogP contribution < -0.4 is 14.2 Å². The molecule has 33 heavy (non-hydrogen) atoms. The minimum absolute atomic E-state index is 0.0302. The number of carbonyl (C=O) groups is 2. The van der Waals surface area contributed by atoms with Gasteiger partial charge >= 0.3 is 0 Å². The number of ketones is 1. The summed E-state index contributed by atoms with van der Waals surface area (Å²) in [6.07, 6.45) is 0.720. The maximum Gasteiger partial charge on any atom is 0.295 e. The van der Waals surface area contributed by atoms with Crippen molar-refractivity contribution in [2.24, 2.45) is 0 Å². The molecule has 0 radical (unpaired) electrons. The second kappa shape index (κ2) is 9.54. The summed E-state index contributed by atoms with van der Waals surface area (Å²) in [5, 5.41) is 11.2. The number of nitrogens with zero attached hydrogens (tertiary/aromatic N) is 1. The van der Waals surface area contributed by atoms with Gasteiger partial charge in [0.25, 0.3) is 11.7 Å². The number of fused-ring (bicyclic) bond motifs is 1. The Morgan fingerprint density at radius 1 is 1.15 bits per heavy atom. The Morgan fingerprint density at radius 3 is 2.70 bits per heavy atom. The standard InChI is InChI=1S/C25H27NO7/c1-4-32-20-14-16(5-8-19(20)31-3)22-21(24(28)25(29)26(22)10-12-30-2)23(27)17-6-7-18-15(13-17)9-11-33-18/h5-8,13-14,22,27H,4,9-12H2,1-3H3/b23-21+. The topological polar surface area (TPSA) is 94.5 Å². The lowest BCUT2D eigenvalue weighted by molar-refractivity contribution is -0.140. The van der Waals surface area contributed by atoms with E-state index in [-0.39, 0.29) is 24.5 Å². The van der Waals surface area contributed by atoms with Crippen molar-refractivity contribution in [2.75, 3.05) is 40.6 Å². The van der Waals surface area contributed by atoms with E-state index in [0.717, 1.165) is 17.7 Å². The summed E-state index contributed by atoms with van der Waals surface area (Å²) in [5.41, 5.74) is 2.07. The van der Waals surface area contributed by atoms with Gasteiger partial charge in [-0.15, -0.1) is 0 Å². The number of hydrogen-bond donors (Lipinski definition) is 1. The molecule has 1 fully saturated rings. The smallest absolute Gasteiger partial charge is 0.295 e. The molecule has 174 valence electrons. The minimum Gasteiger partial charge on any atom is -0.507 e. The highest BCUT2D eigenvalue weighted by atomic mass is 16.5. The van der Waals surface area contributed by atoms with Crippen LogP contribution in [0.2, 0.25) is 0 Å². The third-order valence-corrected chi connectivity index (χ3v) is 5.84. The molecule has 0 aromatic heterocycles. The molecule has 8 heteroatoms. The van der Waals surface area contributed by atoms with Crippen LogP contribution >= 0.6 is 0 Å². The van der Waals surface area contributed by atoms with Crippen molar-refractivity contribution in [1.82, 2.24) is 4.90 Å². The van der Waals surface area contributed by atoms with E-state index in [1.807, 2.05) is 6.92 Å². The van der Waals surface area contributed by atoms with Crippen LogP contribution in [-0.4, -0.2) is 62.3 Å². The molecule has 2 aromatic rings. The third kappa shape index (κ3) is 4.14. The van der Waals surface area contributed by atoms with E-state index in [1.54, 1.807) is 43.5 Å². The molecule has 2 heterocycles. The maximum absolute atomic E-state index is 13.1. The van der Waals surface area contributed by atoms with Gasteiger partial charge in [0.1, 0.15) is 11.5 Å². The largest absolute Gasteiger partial charge is 0.507 e. The lowest BCUT2D eigenvalue weighted by Crippen LogP contribution is -2.32. The molecular formula is C25H27NO7. The molecule has 0 bridgehead atoms. The van der Waals surface area contributed by atoms with E-state index in [9.17, 15) is 14.7 Å². The highest BCUT2D eigenvalue weighted by molar-refractivity contribution is 6.46. The van der Waals surface area contributed by atoms with Crippen LogP contribution in [0.1, 0.15) is 29.7 Å². The van der Waals surface area contributed by atoms with Gasteiger partial charge in [-0.1, -0.05) is 6.07 Å². The number of ether oxygens (including phenoxy) is 4. The van der Waals surface area contributed by atoms with Crippen LogP contribution in [0.25, 0.3) is 5.76 Å². The van der Waals surface area contributed by atoms with Gasteiger partial charge in [-0.25, -0.2) is 0 Å². The second-order valence-corrected chi connectivity index (χ2v) is 7.75. The first-order chi connectivity index (χ1) is 16.0. The van der Waals surface area contributed by atoms with Crippen LogP contribution in [0, 0.1) is 0 Å². The van der Waals surface area contributed by atoms with Gasteiger partial charge in [-0.2, -0.15) is 0 Å². The maximum atomic E-state index is 13.1. The molecule has 1 atom stereocenters. The van der Waals surface area contributed by atoms with Crippen LogP contribution in [0.5, 0.6) is 17.2 Å². The number of rotatable bonds is 8. The zero-order valence-corrected chi connectivity index (χ0v) is 18.9. The number of aliphatic hydroxyl groups excluding tert-OH is 1. The molecule has 1 amide bonds. The normalized spacial score (nSPS) is 18.9. The fourth-order valence-electron chi connectivity index (χ4n) is 4.27. The number of benzene rings is 2. The fourth-order valence-corrected chi connectivity index (χ4v) is 4.27. The van der Waals surface area contributed by atoms with Crippen molar-refractivity contribution < 1.29 is 33.6 Å². The van der Waals surface area contributed by atoms with Gasteiger partial charge in [0.15, 0.2) is 11.5 Å². The van der Waals surface area contributed by atoms with Gasteiger partial charge in [-0.3, -0.25) is 9.59 Å². The molecular weight excluding hydrogens is 426 g/mol. The predicted octanol–water partition coefficient (Wildman–Crippen LogP) is 3.10. The lowest BCUT2D eigenvalue weighted by atomic mass is 9.94. The summed E-state index contributed by atoms with van der Waals surface area (Å²) in [5.74, 6) is 0.149. The minimum atomic E-state index is -0.797. The summed E-state index contributed by atoms with van der Waals surface area (Å²) in [7, 11) is 3.07. The molecule has 2 aromatic carbocycles. The number of methoxy groups -OCH3 is 2. The first-order valence-corrected chi connectivity index (χ1v) is 10.8. The molecule has 8 nitrogen and oxygen atoms in total. The van der Waals surface area contributed by atoms with Gasteiger partial charge in [0.05, 0.1) is 38.5 Å². The van der Waals surface area contributed by atoms with Crippen LogP contribution in [0.4, 0.5) is 0 Å². The molecule has 1 N–H and O–H groups in total. The molecule has 4 rings (SSSR count). The first-order valence-electron chi connectivity index (χ1n) is 10.8. The van der Waals surface area contributed by atoms with Crippen molar-refractivity contribution in [1.29, 1.82) is 0 Å². The Bertz CT molecular complexity index is 1110. The number of Topliss-reactive ketones (excluding diaryl/α,β-unsaturated/α-hetero) is 1. The Morgan fingerprint density at radius 2 is 1.97 bits per heavy atom. The molecule has 0 spiro atoms. The SMILES string of the molecule is CCOc1cc(C2/C(=C(\O)c3ccc4c(c3)CCO4)C(=O)C(=O)N2CCOC)ccc1OC. The monoisotopic (exact) mass is 453 g/mol. The average Bonchev–Trinajstić information content (AvgIpc) is 3.39. The van der Waals surface area contributed by atoms with Crippen molar-refractivity contribution in [3.05, 3.63) is 58.7 Å². The highest BCUT2D eigenvalue weighted by Gasteiger charge is 2.46. The van der Waals surface area contributed by atoms with Crippen LogP contribution in [0.15, 0.2) is 42.0 Å². The molecule has 0 saturated carbocycles. The summed E-state index contributed by atoms with van der Waals surface area (Å²) in [6.45, 7) is 3.28. The van der Waals surface area contributed by atoms with Crippen LogP contribution in [0.3, 0.4) is 0 Å². The Balaban J connectivity index is 1.85. The average molecular weight is 453 g/mol. The molecule has 2 aliphatic heterocycles. The van der Waals surface area contributed by atoms with E-state index < -0.39 is 17.7 Å². The predicted molar refractivity (Wildman–Crippen MR) is 121 cm³/mol.